The van der Waals surface area contributed by atoms with Crippen LogP contribution in [0, 0.1) is 10.1 Å². The standard InChI is InChI=1S/C21H23ClN4O3S2.ClH/c1-24(2)11-12-25(20(27)4-3-13-30-17-8-5-15(22)6-9-17)21-23-18-10-7-16(26(28)29)14-19(18)31-21;/h5-10,14H,3-4,11-13H2,1-2H3;1H. The third-order valence-electron chi connectivity index (χ3n) is 4.49. The molecule has 0 aliphatic carbocycles. The molecule has 0 saturated carbocycles. The Morgan fingerprint density at radius 1 is 1.19 bits per heavy atom. The largest absolute Gasteiger partial charge is 0.308 e. The second-order valence-electron chi connectivity index (χ2n) is 7.16. The Morgan fingerprint density at radius 3 is 2.56 bits per heavy atom. The third kappa shape index (κ3) is 7.31. The van der Waals surface area contributed by atoms with Crippen LogP contribution in [0.25, 0.3) is 10.2 Å². The number of nitro benzene ring substituents is 1. The summed E-state index contributed by atoms with van der Waals surface area (Å²) >= 11 is 8.91. The summed E-state index contributed by atoms with van der Waals surface area (Å²) < 4.78 is 0.699. The van der Waals surface area contributed by atoms with Crippen molar-refractivity contribution in [2.24, 2.45) is 0 Å². The van der Waals surface area contributed by atoms with Crippen molar-refractivity contribution < 1.29 is 9.72 Å². The van der Waals surface area contributed by atoms with Gasteiger partial charge in [-0.15, -0.1) is 24.2 Å². The topological polar surface area (TPSA) is 79.6 Å². The minimum absolute atomic E-state index is 0. The van der Waals surface area contributed by atoms with Gasteiger partial charge in [0.1, 0.15) is 0 Å². The van der Waals surface area contributed by atoms with Gasteiger partial charge < -0.3 is 4.90 Å². The summed E-state index contributed by atoms with van der Waals surface area (Å²) in [5, 5.41) is 12.3. The van der Waals surface area contributed by atoms with Crippen LogP contribution in [0.15, 0.2) is 47.4 Å². The number of likely N-dealkylation sites (N-methyl/N-ethyl adjacent to an activating group) is 1. The molecule has 0 N–H and O–H groups in total. The van der Waals surface area contributed by atoms with Crippen molar-refractivity contribution in [3.63, 3.8) is 0 Å². The van der Waals surface area contributed by atoms with Gasteiger partial charge in [-0.3, -0.25) is 19.8 Å². The number of rotatable bonds is 10. The highest BCUT2D eigenvalue weighted by Gasteiger charge is 2.20. The Labute approximate surface area is 206 Å². The molecule has 0 radical (unpaired) electrons. The minimum atomic E-state index is -0.424. The Balaban J connectivity index is 0.00000363. The van der Waals surface area contributed by atoms with Crippen LogP contribution in [0.2, 0.25) is 5.02 Å². The highest BCUT2D eigenvalue weighted by molar-refractivity contribution is 7.99. The fraction of sp³-hybridized carbons (Fsp3) is 0.333. The summed E-state index contributed by atoms with van der Waals surface area (Å²) in [5.74, 6) is 0.827. The van der Waals surface area contributed by atoms with Crippen molar-refractivity contribution in [1.82, 2.24) is 9.88 Å². The number of non-ortho nitro benzene ring substituents is 1. The second kappa shape index (κ2) is 12.4. The first-order chi connectivity index (χ1) is 14.8. The van der Waals surface area contributed by atoms with E-state index in [0.717, 1.165) is 17.1 Å². The molecule has 1 heterocycles. The van der Waals surface area contributed by atoms with Gasteiger partial charge in [0.15, 0.2) is 5.13 Å². The van der Waals surface area contributed by atoms with Gasteiger partial charge in [0.25, 0.3) is 5.69 Å². The molecule has 0 aliphatic rings. The maximum atomic E-state index is 13.0. The van der Waals surface area contributed by atoms with Crippen molar-refractivity contribution in [1.29, 1.82) is 0 Å². The first kappa shape index (κ1) is 26.3. The predicted octanol–water partition coefficient (Wildman–Crippen LogP) is 5.75. The summed E-state index contributed by atoms with van der Waals surface area (Å²) in [6.07, 6.45) is 1.14. The minimum Gasteiger partial charge on any atom is -0.308 e. The van der Waals surface area contributed by atoms with Crippen LogP contribution in [-0.2, 0) is 4.79 Å². The van der Waals surface area contributed by atoms with E-state index in [1.807, 2.05) is 43.3 Å². The van der Waals surface area contributed by atoms with Gasteiger partial charge >= 0.3 is 0 Å². The number of anilines is 1. The van der Waals surface area contributed by atoms with Crippen LogP contribution in [0.1, 0.15) is 12.8 Å². The summed E-state index contributed by atoms with van der Waals surface area (Å²) in [4.78, 5) is 33.0. The maximum Gasteiger partial charge on any atom is 0.270 e. The van der Waals surface area contributed by atoms with E-state index in [2.05, 4.69) is 4.98 Å². The number of hydrogen-bond donors (Lipinski definition) is 0. The molecular weight excluding hydrogens is 491 g/mol. The predicted molar refractivity (Wildman–Crippen MR) is 136 cm³/mol. The number of thiazole rings is 1. The molecule has 7 nitrogen and oxygen atoms in total. The number of carbonyl (C=O) groups excluding carboxylic acids is 1. The molecule has 11 heteroatoms. The Morgan fingerprint density at radius 2 is 1.91 bits per heavy atom. The summed E-state index contributed by atoms with van der Waals surface area (Å²) in [5.41, 5.74) is 0.680. The van der Waals surface area contributed by atoms with E-state index in [-0.39, 0.29) is 24.0 Å². The normalized spacial score (nSPS) is 10.9. The van der Waals surface area contributed by atoms with Crippen LogP contribution >= 0.6 is 47.1 Å². The monoisotopic (exact) mass is 514 g/mol. The zero-order valence-corrected chi connectivity index (χ0v) is 20.9. The molecule has 0 spiro atoms. The first-order valence-corrected chi connectivity index (χ1v) is 11.9. The Bertz CT molecular complexity index is 1060. The average Bonchev–Trinajstić information content (AvgIpc) is 3.15. The van der Waals surface area contributed by atoms with E-state index in [4.69, 9.17) is 11.6 Å². The number of hydrogen-bond acceptors (Lipinski definition) is 7. The van der Waals surface area contributed by atoms with E-state index in [0.29, 0.717) is 39.9 Å². The zero-order chi connectivity index (χ0) is 22.4. The first-order valence-electron chi connectivity index (χ1n) is 9.72. The summed E-state index contributed by atoms with van der Waals surface area (Å²) in [7, 11) is 3.90. The van der Waals surface area contributed by atoms with E-state index in [1.54, 1.807) is 22.7 Å². The SMILES string of the molecule is CN(C)CCN(C(=O)CCCSc1ccc(Cl)cc1)c1nc2ccc([N+](=O)[O-])cc2s1.Cl. The van der Waals surface area contributed by atoms with Gasteiger partial charge in [-0.05, 0) is 56.6 Å². The second-order valence-corrected chi connectivity index (χ2v) is 9.77. The van der Waals surface area contributed by atoms with Gasteiger partial charge in [-0.2, -0.15) is 0 Å². The lowest BCUT2D eigenvalue weighted by atomic mass is 10.3. The summed E-state index contributed by atoms with van der Waals surface area (Å²) in [6.45, 7) is 1.21. The molecule has 3 rings (SSSR count). The maximum absolute atomic E-state index is 13.0. The van der Waals surface area contributed by atoms with Crippen molar-refractivity contribution >= 4 is 74.0 Å². The lowest BCUT2D eigenvalue weighted by Crippen LogP contribution is -2.36. The summed E-state index contributed by atoms with van der Waals surface area (Å²) in [6, 6.07) is 12.2. The van der Waals surface area contributed by atoms with E-state index in [9.17, 15) is 14.9 Å². The quantitative estimate of drug-likeness (QED) is 0.148. The molecular formula is C21H24Cl2N4O3S2. The molecule has 0 bridgehead atoms. The number of nitrogens with zero attached hydrogens (tertiary/aromatic N) is 4. The van der Waals surface area contributed by atoms with Crippen LogP contribution in [0.4, 0.5) is 10.8 Å². The van der Waals surface area contributed by atoms with Crippen LogP contribution in [0.5, 0.6) is 0 Å². The number of nitro groups is 1. The number of benzene rings is 2. The lowest BCUT2D eigenvalue weighted by Gasteiger charge is -2.22. The van der Waals surface area contributed by atoms with Gasteiger partial charge in [0.05, 0.1) is 15.1 Å². The molecule has 0 atom stereocenters. The van der Waals surface area contributed by atoms with Crippen LogP contribution in [-0.4, -0.2) is 53.7 Å². The number of carbonyl (C=O) groups is 1. The number of thioether (sulfide) groups is 1. The fourth-order valence-electron chi connectivity index (χ4n) is 2.84. The molecule has 0 fully saturated rings. The molecule has 1 aromatic heterocycles. The number of amides is 1. The van der Waals surface area contributed by atoms with Crippen molar-refractivity contribution in [2.75, 3.05) is 37.8 Å². The van der Waals surface area contributed by atoms with Crippen LogP contribution < -0.4 is 4.90 Å². The van der Waals surface area contributed by atoms with Crippen LogP contribution in [0.3, 0.4) is 0 Å². The number of halogens is 2. The molecule has 1 amide bonds. The van der Waals surface area contributed by atoms with Gasteiger partial charge in [-0.1, -0.05) is 22.9 Å². The molecule has 0 unspecified atom stereocenters. The van der Waals surface area contributed by atoms with Gasteiger partial charge in [0, 0.05) is 41.6 Å². The van der Waals surface area contributed by atoms with E-state index >= 15 is 0 Å². The van der Waals surface area contributed by atoms with Crippen molar-refractivity contribution in [3.8, 4) is 0 Å². The number of aromatic nitrogens is 1. The highest BCUT2D eigenvalue weighted by Crippen LogP contribution is 2.32. The smallest absolute Gasteiger partial charge is 0.270 e. The third-order valence-corrected chi connectivity index (χ3v) is 6.88. The molecule has 172 valence electrons. The Hall–Kier alpha value is -1.91. The van der Waals surface area contributed by atoms with E-state index < -0.39 is 4.92 Å². The van der Waals surface area contributed by atoms with Gasteiger partial charge in [0.2, 0.25) is 5.91 Å². The molecule has 0 saturated heterocycles. The Kier molecular flexibility index (Phi) is 10.2. The van der Waals surface area contributed by atoms with Crippen molar-refractivity contribution in [3.05, 3.63) is 57.6 Å². The fourth-order valence-corrected chi connectivity index (χ4v) is 4.86. The molecule has 0 aliphatic heterocycles. The average molecular weight is 515 g/mol. The number of fused-ring (bicyclic) bond motifs is 1. The van der Waals surface area contributed by atoms with E-state index in [1.165, 1.54) is 23.5 Å². The lowest BCUT2D eigenvalue weighted by molar-refractivity contribution is -0.384. The van der Waals surface area contributed by atoms with Gasteiger partial charge in [-0.25, -0.2) is 4.98 Å². The molecule has 2 aromatic carbocycles. The molecule has 32 heavy (non-hydrogen) atoms. The highest BCUT2D eigenvalue weighted by atomic mass is 35.5. The molecule has 3 aromatic rings. The zero-order valence-electron chi connectivity index (χ0n) is 17.7. The van der Waals surface area contributed by atoms with Crippen molar-refractivity contribution in [2.45, 2.75) is 17.7 Å².